The van der Waals surface area contributed by atoms with E-state index in [4.69, 9.17) is 23.2 Å². The fraction of sp³-hybridized carbons (Fsp3) is 0.333. The normalized spacial score (nSPS) is 12.2. The minimum absolute atomic E-state index is 0.00711. The van der Waals surface area contributed by atoms with Crippen molar-refractivity contribution < 1.29 is 18.0 Å². The van der Waals surface area contributed by atoms with Gasteiger partial charge in [0.15, 0.2) is 0 Å². The van der Waals surface area contributed by atoms with Crippen molar-refractivity contribution in [1.82, 2.24) is 10.2 Å². The highest BCUT2D eigenvalue weighted by Gasteiger charge is 2.34. The zero-order chi connectivity index (χ0) is 29.4. The van der Waals surface area contributed by atoms with Gasteiger partial charge in [-0.15, -0.1) is 0 Å². The molecular formula is C30H35Cl2N3O4S. The Morgan fingerprint density at radius 2 is 1.55 bits per heavy atom. The van der Waals surface area contributed by atoms with E-state index in [0.717, 1.165) is 4.31 Å². The number of benzene rings is 3. The van der Waals surface area contributed by atoms with Crippen LogP contribution in [-0.2, 0) is 26.2 Å². The Morgan fingerprint density at radius 1 is 0.925 bits per heavy atom. The molecule has 0 saturated carbocycles. The van der Waals surface area contributed by atoms with Crippen molar-refractivity contribution in [2.45, 2.75) is 51.6 Å². The second-order valence-electron chi connectivity index (χ2n) is 9.93. The van der Waals surface area contributed by atoms with E-state index in [2.05, 4.69) is 5.32 Å². The van der Waals surface area contributed by atoms with Crippen molar-refractivity contribution in [2.24, 2.45) is 5.92 Å². The summed E-state index contributed by atoms with van der Waals surface area (Å²) in [6.45, 7) is 7.52. The molecule has 0 aromatic heterocycles. The van der Waals surface area contributed by atoms with Gasteiger partial charge in [0, 0.05) is 23.1 Å². The Hall–Kier alpha value is -3.07. The molecule has 10 heteroatoms. The van der Waals surface area contributed by atoms with E-state index in [9.17, 15) is 18.0 Å². The van der Waals surface area contributed by atoms with Gasteiger partial charge >= 0.3 is 0 Å². The van der Waals surface area contributed by atoms with Gasteiger partial charge in [0.2, 0.25) is 11.8 Å². The number of nitrogens with zero attached hydrogens (tertiary/aromatic N) is 2. The molecule has 3 aromatic carbocycles. The van der Waals surface area contributed by atoms with E-state index in [0.29, 0.717) is 39.8 Å². The Kier molecular flexibility index (Phi) is 11.0. The minimum atomic E-state index is -4.18. The maximum atomic E-state index is 14.1. The Morgan fingerprint density at radius 3 is 2.15 bits per heavy atom. The van der Waals surface area contributed by atoms with Crippen LogP contribution in [0.15, 0.2) is 77.7 Å². The SMILES string of the molecule is CC[C@@H](C(=O)NCC(C)C)N(Cc1ccccc1Cl)C(=O)CN(c1ccccc1C)S(=O)(=O)c1ccc(Cl)cc1. The standard InChI is InChI=1S/C30H35Cl2N3O4S/c1-5-27(30(37)33-18-21(2)3)34(19-23-11-7-8-12-26(23)32)29(36)20-35(28-13-9-6-10-22(28)4)40(38,39)25-16-14-24(31)15-17-25/h6-17,21,27H,5,18-20H2,1-4H3,(H,33,37)/t27-/m0/s1. The number of nitrogens with one attached hydrogen (secondary N) is 1. The molecule has 0 bridgehead atoms. The number of rotatable bonds is 12. The van der Waals surface area contributed by atoms with Crippen LogP contribution in [0.2, 0.25) is 10.0 Å². The lowest BCUT2D eigenvalue weighted by Crippen LogP contribution is -2.52. The largest absolute Gasteiger partial charge is 0.354 e. The van der Waals surface area contributed by atoms with E-state index in [-0.39, 0.29) is 23.3 Å². The lowest BCUT2D eigenvalue weighted by atomic mass is 10.1. The molecule has 0 spiro atoms. The summed E-state index contributed by atoms with van der Waals surface area (Å²) in [6, 6.07) is 19.0. The third kappa shape index (κ3) is 7.77. The van der Waals surface area contributed by atoms with Crippen LogP contribution < -0.4 is 9.62 Å². The van der Waals surface area contributed by atoms with Crippen molar-refractivity contribution in [1.29, 1.82) is 0 Å². The van der Waals surface area contributed by atoms with Crippen LogP contribution in [0.4, 0.5) is 5.69 Å². The molecule has 3 rings (SSSR count). The maximum absolute atomic E-state index is 14.1. The molecule has 2 amide bonds. The van der Waals surface area contributed by atoms with E-state index in [1.165, 1.54) is 29.2 Å². The number of hydrogen-bond donors (Lipinski definition) is 1. The highest BCUT2D eigenvalue weighted by molar-refractivity contribution is 7.92. The van der Waals surface area contributed by atoms with Crippen LogP contribution in [0.3, 0.4) is 0 Å². The number of carbonyl (C=O) groups excluding carboxylic acids is 2. The molecule has 0 unspecified atom stereocenters. The summed E-state index contributed by atoms with van der Waals surface area (Å²) >= 11 is 12.4. The van der Waals surface area contributed by atoms with Gasteiger partial charge in [0.05, 0.1) is 10.6 Å². The van der Waals surface area contributed by atoms with Gasteiger partial charge < -0.3 is 10.2 Å². The monoisotopic (exact) mass is 603 g/mol. The quantitative estimate of drug-likeness (QED) is 0.272. The van der Waals surface area contributed by atoms with Crippen molar-refractivity contribution in [3.63, 3.8) is 0 Å². The summed E-state index contributed by atoms with van der Waals surface area (Å²) < 4.78 is 28.9. The van der Waals surface area contributed by atoms with E-state index >= 15 is 0 Å². The Balaban J connectivity index is 2.07. The molecular weight excluding hydrogens is 569 g/mol. The van der Waals surface area contributed by atoms with Gasteiger partial charge in [-0.1, -0.05) is 80.4 Å². The summed E-state index contributed by atoms with van der Waals surface area (Å²) in [6.07, 6.45) is 0.328. The minimum Gasteiger partial charge on any atom is -0.354 e. The van der Waals surface area contributed by atoms with Crippen LogP contribution in [-0.4, -0.2) is 44.3 Å². The highest BCUT2D eigenvalue weighted by Crippen LogP contribution is 2.28. The number of amides is 2. The molecule has 3 aromatic rings. The second kappa shape index (κ2) is 14.0. The fourth-order valence-electron chi connectivity index (χ4n) is 4.24. The molecule has 1 atom stereocenters. The lowest BCUT2D eigenvalue weighted by molar-refractivity contribution is -0.140. The molecule has 0 radical (unpaired) electrons. The lowest BCUT2D eigenvalue weighted by Gasteiger charge is -2.34. The molecule has 40 heavy (non-hydrogen) atoms. The average Bonchev–Trinajstić information content (AvgIpc) is 2.92. The molecule has 0 saturated heterocycles. The number of carbonyl (C=O) groups is 2. The van der Waals surface area contributed by atoms with E-state index < -0.39 is 28.5 Å². The second-order valence-corrected chi connectivity index (χ2v) is 12.6. The number of halogens is 2. The number of sulfonamides is 1. The summed E-state index contributed by atoms with van der Waals surface area (Å²) in [7, 11) is -4.18. The number of anilines is 1. The molecule has 0 heterocycles. The number of hydrogen-bond acceptors (Lipinski definition) is 4. The van der Waals surface area contributed by atoms with Gasteiger partial charge in [-0.2, -0.15) is 0 Å². The van der Waals surface area contributed by atoms with Gasteiger partial charge in [0.1, 0.15) is 12.6 Å². The summed E-state index contributed by atoms with van der Waals surface area (Å²) in [4.78, 5) is 28.8. The first-order chi connectivity index (χ1) is 18.9. The Labute approximate surface area is 247 Å². The molecule has 0 aliphatic heterocycles. The van der Waals surface area contributed by atoms with Crippen molar-refractivity contribution >= 4 is 50.7 Å². The molecule has 0 fully saturated rings. The third-order valence-corrected chi connectivity index (χ3v) is 8.83. The number of aryl methyl sites for hydroxylation is 1. The predicted octanol–water partition coefficient (Wildman–Crippen LogP) is 6.08. The summed E-state index contributed by atoms with van der Waals surface area (Å²) in [5.41, 5.74) is 1.68. The van der Waals surface area contributed by atoms with E-state index in [1.54, 1.807) is 55.5 Å². The summed E-state index contributed by atoms with van der Waals surface area (Å²) in [5, 5.41) is 3.75. The van der Waals surface area contributed by atoms with Gasteiger partial charge in [-0.3, -0.25) is 13.9 Å². The van der Waals surface area contributed by atoms with Crippen molar-refractivity contribution in [3.05, 3.63) is 94.0 Å². The molecule has 7 nitrogen and oxygen atoms in total. The highest BCUT2D eigenvalue weighted by atomic mass is 35.5. The topological polar surface area (TPSA) is 86.8 Å². The average molecular weight is 605 g/mol. The van der Waals surface area contributed by atoms with Crippen LogP contribution in [0, 0.1) is 12.8 Å². The van der Waals surface area contributed by atoms with Crippen LogP contribution in [0.1, 0.15) is 38.3 Å². The first-order valence-corrected chi connectivity index (χ1v) is 15.3. The van der Waals surface area contributed by atoms with Crippen molar-refractivity contribution in [3.8, 4) is 0 Å². The smallest absolute Gasteiger partial charge is 0.264 e. The maximum Gasteiger partial charge on any atom is 0.264 e. The van der Waals surface area contributed by atoms with Gasteiger partial charge in [0.25, 0.3) is 10.0 Å². The van der Waals surface area contributed by atoms with Crippen molar-refractivity contribution in [2.75, 3.05) is 17.4 Å². The molecule has 214 valence electrons. The zero-order valence-electron chi connectivity index (χ0n) is 23.1. The zero-order valence-corrected chi connectivity index (χ0v) is 25.4. The van der Waals surface area contributed by atoms with Crippen LogP contribution in [0.5, 0.6) is 0 Å². The molecule has 0 aliphatic rings. The first kappa shape index (κ1) is 31.5. The van der Waals surface area contributed by atoms with Crippen LogP contribution >= 0.6 is 23.2 Å². The van der Waals surface area contributed by atoms with Gasteiger partial charge in [-0.25, -0.2) is 8.42 Å². The number of para-hydroxylation sites is 1. The summed E-state index contributed by atoms with van der Waals surface area (Å²) in [5.74, 6) is -0.623. The third-order valence-electron chi connectivity index (χ3n) is 6.43. The van der Waals surface area contributed by atoms with Crippen LogP contribution in [0.25, 0.3) is 0 Å². The molecule has 1 N–H and O–H groups in total. The molecule has 0 aliphatic carbocycles. The predicted molar refractivity (Wildman–Crippen MR) is 161 cm³/mol. The first-order valence-electron chi connectivity index (χ1n) is 13.1. The fourth-order valence-corrected chi connectivity index (χ4v) is 6.04. The van der Waals surface area contributed by atoms with E-state index in [1.807, 2.05) is 20.8 Å². The van der Waals surface area contributed by atoms with Gasteiger partial charge in [-0.05, 0) is 66.8 Å². The Bertz CT molecular complexity index is 1430.